The first kappa shape index (κ1) is 17.2. The minimum atomic E-state index is -0.995. The predicted molar refractivity (Wildman–Crippen MR) is 78.8 cm³/mol. The molecule has 0 spiro atoms. The van der Waals surface area contributed by atoms with Gasteiger partial charge < -0.3 is 24.4 Å². The summed E-state index contributed by atoms with van der Waals surface area (Å²) in [6.07, 6.45) is -1.79. The van der Waals surface area contributed by atoms with Crippen LogP contribution < -0.4 is 0 Å². The lowest BCUT2D eigenvalue weighted by molar-refractivity contribution is -0.337. The molecule has 1 saturated heterocycles. The molecule has 2 fully saturated rings. The maximum atomic E-state index is 10.1. The van der Waals surface area contributed by atoms with E-state index in [1.165, 1.54) is 7.11 Å². The second kappa shape index (κ2) is 5.78. The van der Waals surface area contributed by atoms with E-state index >= 15 is 0 Å². The van der Waals surface area contributed by atoms with Crippen LogP contribution in [0.5, 0.6) is 0 Å². The zero-order valence-corrected chi connectivity index (χ0v) is 14.0. The molecule has 0 aromatic rings. The largest absolute Gasteiger partial charge is 0.388 e. The van der Waals surface area contributed by atoms with Crippen molar-refractivity contribution in [2.75, 3.05) is 7.11 Å². The van der Waals surface area contributed by atoms with Crippen molar-refractivity contribution in [3.05, 3.63) is 0 Å². The van der Waals surface area contributed by atoms with Gasteiger partial charge in [0, 0.05) is 7.11 Å². The van der Waals surface area contributed by atoms with Crippen LogP contribution in [0.25, 0.3) is 0 Å². The third-order valence-electron chi connectivity index (χ3n) is 5.04. The second-order valence-corrected chi connectivity index (χ2v) is 7.93. The zero-order valence-electron chi connectivity index (χ0n) is 14.0. The average Bonchev–Trinajstić information content (AvgIpc) is 2.32. The van der Waals surface area contributed by atoms with E-state index in [-0.39, 0.29) is 11.0 Å². The SMILES string of the molecule is COC1C(OC2(C)CC(C(C)(C)C)C2)OC(C)C(O)C1O. The highest BCUT2D eigenvalue weighted by molar-refractivity contribution is 4.99. The molecule has 1 heterocycles. The Morgan fingerprint density at radius 1 is 1.14 bits per heavy atom. The summed E-state index contributed by atoms with van der Waals surface area (Å²) in [7, 11) is 1.50. The fourth-order valence-electron chi connectivity index (χ4n) is 3.32. The lowest BCUT2D eigenvalue weighted by atomic mass is 9.61. The molecule has 2 rings (SSSR count). The van der Waals surface area contributed by atoms with Crippen molar-refractivity contribution in [1.29, 1.82) is 0 Å². The van der Waals surface area contributed by atoms with Gasteiger partial charge >= 0.3 is 0 Å². The van der Waals surface area contributed by atoms with E-state index in [0.717, 1.165) is 12.8 Å². The van der Waals surface area contributed by atoms with Gasteiger partial charge in [-0.2, -0.15) is 0 Å². The van der Waals surface area contributed by atoms with E-state index in [1.54, 1.807) is 6.92 Å². The molecule has 1 aliphatic carbocycles. The summed E-state index contributed by atoms with van der Waals surface area (Å²) in [5.74, 6) is 0.625. The first-order valence-electron chi connectivity index (χ1n) is 7.79. The van der Waals surface area contributed by atoms with Gasteiger partial charge in [0.05, 0.1) is 11.7 Å². The Labute approximate surface area is 127 Å². The quantitative estimate of drug-likeness (QED) is 0.830. The van der Waals surface area contributed by atoms with Gasteiger partial charge in [-0.25, -0.2) is 0 Å². The topological polar surface area (TPSA) is 68.2 Å². The number of hydrogen-bond donors (Lipinski definition) is 2. The standard InChI is InChI=1S/C16H30O5/c1-9-11(17)12(18)13(19-6)14(20-9)21-16(5)7-10(8-16)15(2,3)4/h9-14,17-18H,7-8H2,1-6H3. The molecule has 0 bridgehead atoms. The smallest absolute Gasteiger partial charge is 0.187 e. The van der Waals surface area contributed by atoms with Crippen molar-refractivity contribution >= 4 is 0 Å². The van der Waals surface area contributed by atoms with Gasteiger partial charge in [-0.05, 0) is 38.0 Å². The van der Waals surface area contributed by atoms with E-state index in [4.69, 9.17) is 14.2 Å². The van der Waals surface area contributed by atoms with Gasteiger partial charge in [0.15, 0.2) is 6.29 Å². The van der Waals surface area contributed by atoms with Crippen molar-refractivity contribution in [2.45, 2.75) is 83.8 Å². The molecule has 5 nitrogen and oxygen atoms in total. The lowest BCUT2D eigenvalue weighted by Crippen LogP contribution is -2.61. The molecule has 5 unspecified atom stereocenters. The highest BCUT2D eigenvalue weighted by Crippen LogP contribution is 2.50. The zero-order chi connectivity index (χ0) is 16.0. The van der Waals surface area contributed by atoms with Crippen LogP contribution in [0.4, 0.5) is 0 Å². The molecule has 1 aliphatic heterocycles. The fourth-order valence-corrected chi connectivity index (χ4v) is 3.32. The Hall–Kier alpha value is -0.200. The minimum absolute atomic E-state index is 0.249. The molecule has 124 valence electrons. The lowest BCUT2D eigenvalue weighted by Gasteiger charge is -2.53. The molecule has 0 aromatic carbocycles. The Kier molecular flexibility index (Phi) is 4.72. The Bertz CT molecular complexity index is 358. The minimum Gasteiger partial charge on any atom is -0.388 e. The normalized spacial score (nSPS) is 48.0. The number of hydrogen-bond acceptors (Lipinski definition) is 5. The molecule has 5 atom stereocenters. The van der Waals surface area contributed by atoms with Crippen LogP contribution in [0.15, 0.2) is 0 Å². The average molecular weight is 302 g/mol. The van der Waals surface area contributed by atoms with E-state index in [1.807, 2.05) is 0 Å². The Balaban J connectivity index is 1.99. The summed E-state index contributed by atoms with van der Waals surface area (Å²) < 4.78 is 17.1. The Morgan fingerprint density at radius 2 is 1.71 bits per heavy atom. The third kappa shape index (κ3) is 3.42. The monoisotopic (exact) mass is 302 g/mol. The first-order chi connectivity index (χ1) is 9.57. The van der Waals surface area contributed by atoms with Crippen LogP contribution in [0.3, 0.4) is 0 Å². The highest BCUT2D eigenvalue weighted by atomic mass is 16.7. The Morgan fingerprint density at radius 3 is 2.19 bits per heavy atom. The molecular weight excluding hydrogens is 272 g/mol. The van der Waals surface area contributed by atoms with Crippen LogP contribution in [0.2, 0.25) is 0 Å². The third-order valence-corrected chi connectivity index (χ3v) is 5.04. The maximum absolute atomic E-state index is 10.1. The number of aliphatic hydroxyl groups excluding tert-OH is 2. The molecule has 0 aromatic heterocycles. The van der Waals surface area contributed by atoms with Crippen molar-refractivity contribution in [1.82, 2.24) is 0 Å². The van der Waals surface area contributed by atoms with E-state index < -0.39 is 30.7 Å². The van der Waals surface area contributed by atoms with Crippen LogP contribution in [0, 0.1) is 11.3 Å². The van der Waals surface area contributed by atoms with Gasteiger partial charge in [-0.15, -0.1) is 0 Å². The van der Waals surface area contributed by atoms with E-state index in [9.17, 15) is 10.2 Å². The van der Waals surface area contributed by atoms with Crippen LogP contribution in [-0.4, -0.2) is 53.6 Å². The summed E-state index contributed by atoms with van der Waals surface area (Å²) in [6.45, 7) is 10.5. The molecule has 0 amide bonds. The van der Waals surface area contributed by atoms with E-state index in [2.05, 4.69) is 27.7 Å². The summed E-state index contributed by atoms with van der Waals surface area (Å²) in [5, 5.41) is 20.0. The predicted octanol–water partition coefficient (Wildman–Crippen LogP) is 1.70. The van der Waals surface area contributed by atoms with Crippen molar-refractivity contribution in [2.24, 2.45) is 11.3 Å². The summed E-state index contributed by atoms with van der Waals surface area (Å²) in [4.78, 5) is 0. The highest BCUT2D eigenvalue weighted by Gasteiger charge is 2.51. The van der Waals surface area contributed by atoms with Gasteiger partial charge in [0.25, 0.3) is 0 Å². The van der Waals surface area contributed by atoms with Gasteiger partial charge in [0.1, 0.15) is 18.3 Å². The van der Waals surface area contributed by atoms with Gasteiger partial charge in [-0.3, -0.25) is 0 Å². The number of ether oxygens (including phenoxy) is 3. The fraction of sp³-hybridized carbons (Fsp3) is 1.00. The molecule has 0 radical (unpaired) electrons. The molecule has 5 heteroatoms. The van der Waals surface area contributed by atoms with Crippen LogP contribution in [-0.2, 0) is 14.2 Å². The summed E-state index contributed by atoms with van der Waals surface area (Å²) in [5.41, 5.74) is 0.0288. The van der Waals surface area contributed by atoms with E-state index in [0.29, 0.717) is 5.92 Å². The number of methoxy groups -OCH3 is 1. The van der Waals surface area contributed by atoms with Crippen LogP contribution in [0.1, 0.15) is 47.5 Å². The molecule has 2 aliphatic rings. The second-order valence-electron chi connectivity index (χ2n) is 7.93. The molecule has 2 N–H and O–H groups in total. The number of rotatable bonds is 3. The van der Waals surface area contributed by atoms with Crippen molar-refractivity contribution in [3.63, 3.8) is 0 Å². The first-order valence-corrected chi connectivity index (χ1v) is 7.79. The van der Waals surface area contributed by atoms with Crippen molar-refractivity contribution in [3.8, 4) is 0 Å². The van der Waals surface area contributed by atoms with Crippen molar-refractivity contribution < 1.29 is 24.4 Å². The molecule has 1 saturated carbocycles. The molecular formula is C16H30O5. The van der Waals surface area contributed by atoms with Gasteiger partial charge in [0.2, 0.25) is 0 Å². The molecule has 21 heavy (non-hydrogen) atoms. The number of aliphatic hydroxyl groups is 2. The maximum Gasteiger partial charge on any atom is 0.187 e. The van der Waals surface area contributed by atoms with Gasteiger partial charge in [-0.1, -0.05) is 20.8 Å². The summed E-state index contributed by atoms with van der Waals surface area (Å²) >= 11 is 0. The summed E-state index contributed by atoms with van der Waals surface area (Å²) in [6, 6.07) is 0. The van der Waals surface area contributed by atoms with Crippen LogP contribution >= 0.6 is 0 Å².